The number of carbonyl (C=O) groups is 1. The van der Waals surface area contributed by atoms with Crippen LogP contribution in [0.4, 0.5) is 5.69 Å². The Morgan fingerprint density at radius 1 is 1.11 bits per heavy atom. The van der Waals surface area contributed by atoms with Gasteiger partial charge in [0.05, 0.1) is 23.8 Å². The van der Waals surface area contributed by atoms with Crippen molar-refractivity contribution in [3.63, 3.8) is 0 Å². The molecule has 5 rings (SSSR count). The maximum atomic E-state index is 11.1. The van der Waals surface area contributed by atoms with Crippen molar-refractivity contribution in [2.75, 3.05) is 11.9 Å². The minimum absolute atomic E-state index is 0.0434. The molecule has 2 aromatic carbocycles. The Morgan fingerprint density at radius 3 is 2.67 bits per heavy atom. The van der Waals surface area contributed by atoms with Crippen LogP contribution in [-0.4, -0.2) is 23.8 Å². The van der Waals surface area contributed by atoms with E-state index in [1.165, 1.54) is 5.56 Å². The average molecular weight is 365 g/mol. The lowest BCUT2D eigenvalue weighted by atomic mass is 9.77. The maximum absolute atomic E-state index is 11.1. The minimum Gasteiger partial charge on any atom is -0.490 e. The van der Waals surface area contributed by atoms with E-state index in [1.807, 2.05) is 18.2 Å². The lowest BCUT2D eigenvalue weighted by Gasteiger charge is -2.43. The number of hydrogen-bond donors (Lipinski definition) is 2. The monoisotopic (exact) mass is 365 g/mol. The Labute approximate surface area is 158 Å². The van der Waals surface area contributed by atoms with Gasteiger partial charge in [-0.15, -0.1) is 0 Å². The normalized spacial score (nSPS) is 26.4. The van der Waals surface area contributed by atoms with Gasteiger partial charge in [-0.2, -0.15) is 0 Å². The third-order valence-electron chi connectivity index (χ3n) is 5.78. The first kappa shape index (κ1) is 16.6. The summed E-state index contributed by atoms with van der Waals surface area (Å²) in [6, 6.07) is 13.6. The summed E-state index contributed by atoms with van der Waals surface area (Å²) in [5.41, 5.74) is 3.67. The lowest BCUT2D eigenvalue weighted by molar-refractivity contribution is -0.0382. The second kappa shape index (κ2) is 6.57. The van der Waals surface area contributed by atoms with Crippen molar-refractivity contribution in [2.24, 2.45) is 5.92 Å². The van der Waals surface area contributed by atoms with Crippen LogP contribution < -0.4 is 10.1 Å². The highest BCUT2D eigenvalue weighted by Crippen LogP contribution is 2.50. The van der Waals surface area contributed by atoms with Crippen molar-refractivity contribution >= 4 is 11.7 Å². The van der Waals surface area contributed by atoms with Gasteiger partial charge in [0.15, 0.2) is 0 Å². The van der Waals surface area contributed by atoms with E-state index in [0.717, 1.165) is 49.3 Å². The van der Waals surface area contributed by atoms with Crippen molar-refractivity contribution in [3.05, 3.63) is 59.2 Å². The fraction of sp³-hybridized carbons (Fsp3) is 0.409. The summed E-state index contributed by atoms with van der Waals surface area (Å²) in [4.78, 5) is 11.1. The van der Waals surface area contributed by atoms with Crippen LogP contribution >= 0.6 is 0 Å². The molecule has 0 amide bonds. The molecular formula is C22H23NO4. The van der Waals surface area contributed by atoms with Gasteiger partial charge in [-0.05, 0) is 61.6 Å². The Bertz CT molecular complexity index is 859. The van der Waals surface area contributed by atoms with Crippen molar-refractivity contribution in [1.29, 1.82) is 0 Å². The molecule has 5 heteroatoms. The summed E-state index contributed by atoms with van der Waals surface area (Å²) in [7, 11) is 0. The SMILES string of the molecule is O=C(O)c1ccc([C@H]2Nc3ccc(OC4CC4)cc3[C@@H]3OCCC[C@H]23)cc1. The third-order valence-corrected chi connectivity index (χ3v) is 5.78. The molecule has 1 saturated carbocycles. The predicted octanol–water partition coefficient (Wildman–Crippen LogP) is 4.56. The summed E-state index contributed by atoms with van der Waals surface area (Å²) in [6.07, 6.45) is 4.83. The molecule has 3 atom stereocenters. The maximum Gasteiger partial charge on any atom is 0.335 e. The van der Waals surface area contributed by atoms with E-state index in [2.05, 4.69) is 17.4 Å². The summed E-state index contributed by atoms with van der Waals surface area (Å²) in [5.74, 6) is 0.346. The minimum atomic E-state index is -0.898. The second-order valence-electron chi connectivity index (χ2n) is 7.71. The van der Waals surface area contributed by atoms with Crippen molar-refractivity contribution in [1.82, 2.24) is 0 Å². The first-order valence-corrected chi connectivity index (χ1v) is 9.71. The van der Waals surface area contributed by atoms with Crippen LogP contribution in [0, 0.1) is 5.92 Å². The number of nitrogens with one attached hydrogen (secondary N) is 1. The highest BCUT2D eigenvalue weighted by Gasteiger charge is 2.40. The summed E-state index contributed by atoms with van der Waals surface area (Å²) >= 11 is 0. The zero-order chi connectivity index (χ0) is 18.4. The Balaban J connectivity index is 1.48. The first-order valence-electron chi connectivity index (χ1n) is 9.71. The fourth-order valence-corrected chi connectivity index (χ4v) is 4.26. The van der Waals surface area contributed by atoms with Crippen LogP contribution in [-0.2, 0) is 4.74 Å². The predicted molar refractivity (Wildman–Crippen MR) is 101 cm³/mol. The molecule has 2 N–H and O–H groups in total. The Morgan fingerprint density at radius 2 is 1.93 bits per heavy atom. The van der Waals surface area contributed by atoms with Crippen LogP contribution in [0.25, 0.3) is 0 Å². The van der Waals surface area contributed by atoms with E-state index in [1.54, 1.807) is 12.1 Å². The smallest absolute Gasteiger partial charge is 0.335 e. The van der Waals surface area contributed by atoms with Crippen LogP contribution in [0.2, 0.25) is 0 Å². The number of anilines is 1. The molecule has 1 saturated heterocycles. The molecule has 2 fully saturated rings. The molecule has 2 heterocycles. The first-order chi connectivity index (χ1) is 13.2. The van der Waals surface area contributed by atoms with Crippen LogP contribution in [0.15, 0.2) is 42.5 Å². The van der Waals surface area contributed by atoms with Crippen LogP contribution in [0.3, 0.4) is 0 Å². The Kier molecular flexibility index (Phi) is 4.05. The third kappa shape index (κ3) is 3.16. The van der Waals surface area contributed by atoms with Gasteiger partial charge < -0.3 is 19.9 Å². The number of carboxylic acids is 1. The van der Waals surface area contributed by atoms with Gasteiger partial charge in [-0.3, -0.25) is 0 Å². The van der Waals surface area contributed by atoms with E-state index >= 15 is 0 Å². The van der Waals surface area contributed by atoms with Crippen molar-refractivity contribution in [3.8, 4) is 5.75 Å². The molecule has 0 aromatic heterocycles. The molecule has 2 aliphatic heterocycles. The van der Waals surface area contributed by atoms with Gasteiger partial charge >= 0.3 is 5.97 Å². The molecule has 140 valence electrons. The highest BCUT2D eigenvalue weighted by molar-refractivity contribution is 5.87. The number of hydrogen-bond acceptors (Lipinski definition) is 4. The standard InChI is InChI=1S/C22H23NO4/c24-22(25)14-5-3-13(4-6-14)20-17-2-1-11-26-21(17)18-12-16(27-15-7-8-15)9-10-19(18)23-20/h3-6,9-10,12,15,17,20-21,23H,1-2,7-8,11H2,(H,24,25)/t17-,20-,21-/m1/s1. The largest absolute Gasteiger partial charge is 0.490 e. The summed E-state index contributed by atoms with van der Waals surface area (Å²) in [6.45, 7) is 0.777. The van der Waals surface area contributed by atoms with E-state index in [0.29, 0.717) is 17.6 Å². The van der Waals surface area contributed by atoms with E-state index in [4.69, 9.17) is 14.6 Å². The quantitative estimate of drug-likeness (QED) is 0.831. The zero-order valence-electron chi connectivity index (χ0n) is 15.1. The van der Waals surface area contributed by atoms with Gasteiger partial charge in [0.25, 0.3) is 0 Å². The second-order valence-corrected chi connectivity index (χ2v) is 7.71. The number of benzene rings is 2. The molecule has 5 nitrogen and oxygen atoms in total. The van der Waals surface area contributed by atoms with Gasteiger partial charge in [0.2, 0.25) is 0 Å². The molecule has 0 radical (unpaired) electrons. The van der Waals surface area contributed by atoms with Crippen LogP contribution in [0.5, 0.6) is 5.75 Å². The van der Waals surface area contributed by atoms with E-state index < -0.39 is 5.97 Å². The van der Waals surface area contributed by atoms with E-state index in [-0.39, 0.29) is 12.1 Å². The van der Waals surface area contributed by atoms with Gasteiger partial charge in [-0.25, -0.2) is 4.79 Å². The summed E-state index contributed by atoms with van der Waals surface area (Å²) in [5, 5.41) is 12.8. The molecule has 0 bridgehead atoms. The molecule has 0 spiro atoms. The molecular weight excluding hydrogens is 342 g/mol. The number of fused-ring (bicyclic) bond motifs is 3. The number of ether oxygens (including phenoxy) is 2. The zero-order valence-corrected chi connectivity index (χ0v) is 15.1. The Hall–Kier alpha value is -2.53. The van der Waals surface area contributed by atoms with E-state index in [9.17, 15) is 4.79 Å². The summed E-state index contributed by atoms with van der Waals surface area (Å²) < 4.78 is 12.2. The average Bonchev–Trinajstić information content (AvgIpc) is 3.51. The number of rotatable bonds is 4. The molecule has 27 heavy (non-hydrogen) atoms. The number of carboxylic acid groups (broad SMARTS) is 1. The fourth-order valence-electron chi connectivity index (χ4n) is 4.26. The lowest BCUT2D eigenvalue weighted by Crippen LogP contribution is -2.36. The van der Waals surface area contributed by atoms with Crippen LogP contribution in [0.1, 0.15) is 59.3 Å². The number of aromatic carboxylic acids is 1. The highest BCUT2D eigenvalue weighted by atomic mass is 16.5. The topological polar surface area (TPSA) is 67.8 Å². The molecule has 3 aliphatic rings. The molecule has 0 unspecified atom stereocenters. The molecule has 1 aliphatic carbocycles. The van der Waals surface area contributed by atoms with Gasteiger partial charge in [0, 0.05) is 23.8 Å². The van der Waals surface area contributed by atoms with Crippen molar-refractivity contribution < 1.29 is 19.4 Å². The van der Waals surface area contributed by atoms with Gasteiger partial charge in [0.1, 0.15) is 5.75 Å². The van der Waals surface area contributed by atoms with Gasteiger partial charge in [-0.1, -0.05) is 12.1 Å². The van der Waals surface area contributed by atoms with Crippen molar-refractivity contribution in [2.45, 2.75) is 43.9 Å². The molecule has 2 aromatic rings.